The molecule has 1 amide bonds. The van der Waals surface area contributed by atoms with E-state index in [9.17, 15) is 14.9 Å². The lowest BCUT2D eigenvalue weighted by atomic mass is 10.0. The maximum atomic E-state index is 13.5. The summed E-state index contributed by atoms with van der Waals surface area (Å²) < 4.78 is 12.0. The summed E-state index contributed by atoms with van der Waals surface area (Å²) in [6, 6.07) is 8.49. The Hall–Kier alpha value is -3.86. The summed E-state index contributed by atoms with van der Waals surface area (Å²) in [6.07, 6.45) is 5.97. The van der Waals surface area contributed by atoms with E-state index in [1.807, 2.05) is 0 Å². The van der Waals surface area contributed by atoms with Crippen molar-refractivity contribution in [2.75, 3.05) is 27.3 Å². The molecular formula is C23H22N4O4. The normalized spacial score (nSPS) is 13.6. The average Bonchev–Trinajstić information content (AvgIpc) is 2.83. The molecule has 8 heteroatoms. The van der Waals surface area contributed by atoms with Gasteiger partial charge in [0.1, 0.15) is 6.07 Å². The Bertz CT molecular complexity index is 1250. The molecule has 3 heterocycles. The fourth-order valence-corrected chi connectivity index (χ4v) is 3.94. The molecule has 1 fully saturated rings. The number of nitrogens with zero attached hydrogens (tertiary/aromatic N) is 4. The maximum Gasteiger partial charge on any atom is 0.264 e. The van der Waals surface area contributed by atoms with E-state index in [1.165, 1.54) is 31.2 Å². The van der Waals surface area contributed by atoms with Crippen LogP contribution in [0.2, 0.25) is 0 Å². The average molecular weight is 418 g/mol. The van der Waals surface area contributed by atoms with Gasteiger partial charge in [0, 0.05) is 30.9 Å². The molecule has 2 aromatic heterocycles. The number of piperidine rings is 1. The number of hydrogen-bond acceptors (Lipinski definition) is 6. The number of nitriles is 1. The molecule has 0 atom stereocenters. The summed E-state index contributed by atoms with van der Waals surface area (Å²) >= 11 is 0. The molecule has 3 aromatic rings. The van der Waals surface area contributed by atoms with Crippen molar-refractivity contribution in [2.24, 2.45) is 0 Å². The van der Waals surface area contributed by atoms with Gasteiger partial charge < -0.3 is 14.4 Å². The summed E-state index contributed by atoms with van der Waals surface area (Å²) in [5.41, 5.74) is 0.189. The highest BCUT2D eigenvalue weighted by Gasteiger charge is 2.24. The molecule has 0 unspecified atom stereocenters. The van der Waals surface area contributed by atoms with Crippen LogP contribution in [0.3, 0.4) is 0 Å². The zero-order chi connectivity index (χ0) is 22.0. The number of carbonyl (C=O) groups is 1. The lowest BCUT2D eigenvalue weighted by Crippen LogP contribution is -2.36. The number of fused-ring (bicyclic) bond motifs is 1. The van der Waals surface area contributed by atoms with E-state index in [0.717, 1.165) is 19.3 Å². The van der Waals surface area contributed by atoms with Crippen LogP contribution in [0.15, 0.2) is 41.5 Å². The largest absolute Gasteiger partial charge is 0.493 e. The summed E-state index contributed by atoms with van der Waals surface area (Å²) in [4.78, 5) is 32.9. The molecule has 8 nitrogen and oxygen atoms in total. The topological polar surface area (TPSA) is 97.5 Å². The standard InChI is InChI=1S/C23H22N4O4/c1-30-19-11-16-17(12-20(19)31-2)23(29)27(21-15(13-24)7-6-8-25-21)14-18(16)22(28)26-9-4-3-5-10-26/h6-8,11-12,14H,3-5,9-10H2,1-2H3. The third kappa shape index (κ3) is 3.59. The number of likely N-dealkylation sites (tertiary alicyclic amines) is 1. The number of methoxy groups -OCH3 is 2. The first-order valence-electron chi connectivity index (χ1n) is 10.0. The minimum Gasteiger partial charge on any atom is -0.493 e. The van der Waals surface area contributed by atoms with Crippen molar-refractivity contribution < 1.29 is 14.3 Å². The van der Waals surface area contributed by atoms with E-state index in [0.29, 0.717) is 35.5 Å². The van der Waals surface area contributed by atoms with Gasteiger partial charge in [-0.15, -0.1) is 0 Å². The van der Waals surface area contributed by atoms with Crippen molar-refractivity contribution in [3.05, 3.63) is 58.1 Å². The quantitative estimate of drug-likeness (QED) is 0.646. The van der Waals surface area contributed by atoms with Crippen molar-refractivity contribution in [3.8, 4) is 23.4 Å². The number of aromatic nitrogens is 2. The van der Waals surface area contributed by atoms with Crippen LogP contribution in [0.25, 0.3) is 16.6 Å². The molecule has 0 radical (unpaired) electrons. The van der Waals surface area contributed by atoms with Crippen LogP contribution in [0.4, 0.5) is 0 Å². The van der Waals surface area contributed by atoms with Gasteiger partial charge in [-0.1, -0.05) is 0 Å². The summed E-state index contributed by atoms with van der Waals surface area (Å²) in [5, 5.41) is 10.3. The minimum atomic E-state index is -0.402. The van der Waals surface area contributed by atoms with Crippen molar-refractivity contribution in [2.45, 2.75) is 19.3 Å². The molecule has 31 heavy (non-hydrogen) atoms. The third-order valence-corrected chi connectivity index (χ3v) is 5.53. The highest BCUT2D eigenvalue weighted by atomic mass is 16.5. The van der Waals surface area contributed by atoms with Gasteiger partial charge in [-0.05, 0) is 43.5 Å². The van der Waals surface area contributed by atoms with Gasteiger partial charge >= 0.3 is 0 Å². The van der Waals surface area contributed by atoms with Crippen LogP contribution in [-0.2, 0) is 0 Å². The molecule has 1 saturated heterocycles. The molecule has 1 aromatic carbocycles. The second-order valence-electron chi connectivity index (χ2n) is 7.31. The second-order valence-corrected chi connectivity index (χ2v) is 7.31. The van der Waals surface area contributed by atoms with Crippen molar-refractivity contribution >= 4 is 16.7 Å². The predicted molar refractivity (Wildman–Crippen MR) is 115 cm³/mol. The Morgan fingerprint density at radius 3 is 2.42 bits per heavy atom. The van der Waals surface area contributed by atoms with Crippen LogP contribution >= 0.6 is 0 Å². The van der Waals surface area contributed by atoms with Gasteiger partial charge in [-0.25, -0.2) is 4.98 Å². The highest BCUT2D eigenvalue weighted by Crippen LogP contribution is 2.33. The van der Waals surface area contributed by atoms with Crippen LogP contribution in [0.5, 0.6) is 11.5 Å². The van der Waals surface area contributed by atoms with E-state index < -0.39 is 5.56 Å². The number of pyridine rings is 2. The number of rotatable bonds is 4. The second kappa shape index (κ2) is 8.48. The van der Waals surface area contributed by atoms with E-state index in [4.69, 9.17) is 9.47 Å². The number of benzene rings is 1. The van der Waals surface area contributed by atoms with E-state index in [1.54, 1.807) is 29.2 Å². The zero-order valence-corrected chi connectivity index (χ0v) is 17.4. The van der Waals surface area contributed by atoms with Gasteiger partial charge in [-0.3, -0.25) is 14.2 Å². The number of carbonyl (C=O) groups excluding carboxylic acids is 1. The Kier molecular flexibility index (Phi) is 5.58. The smallest absolute Gasteiger partial charge is 0.264 e. The molecule has 4 rings (SSSR count). The number of ether oxygens (including phenoxy) is 2. The molecule has 1 aliphatic rings. The summed E-state index contributed by atoms with van der Waals surface area (Å²) in [7, 11) is 2.99. The lowest BCUT2D eigenvalue weighted by molar-refractivity contribution is 0.0725. The Morgan fingerprint density at radius 1 is 1.10 bits per heavy atom. The fraction of sp³-hybridized carbons (Fsp3) is 0.304. The number of amides is 1. The van der Waals surface area contributed by atoms with Crippen LogP contribution in [0, 0.1) is 11.3 Å². The fourth-order valence-electron chi connectivity index (χ4n) is 3.94. The first-order chi connectivity index (χ1) is 15.1. The molecule has 158 valence electrons. The Labute approximate surface area is 179 Å². The number of hydrogen-bond donors (Lipinski definition) is 0. The van der Waals surface area contributed by atoms with Crippen molar-refractivity contribution in [3.63, 3.8) is 0 Å². The minimum absolute atomic E-state index is 0.167. The van der Waals surface area contributed by atoms with Gasteiger partial charge in [0.2, 0.25) is 0 Å². The molecule has 0 spiro atoms. The lowest BCUT2D eigenvalue weighted by Gasteiger charge is -2.27. The van der Waals surface area contributed by atoms with Crippen LogP contribution in [-0.4, -0.2) is 47.7 Å². The summed E-state index contributed by atoms with van der Waals surface area (Å²) in [6.45, 7) is 1.33. The SMILES string of the molecule is COc1cc2c(C(=O)N3CCCCC3)cn(-c3ncccc3C#N)c(=O)c2cc1OC. The van der Waals surface area contributed by atoms with Crippen LogP contribution < -0.4 is 15.0 Å². The predicted octanol–water partition coefficient (Wildman–Crippen LogP) is 2.90. The van der Waals surface area contributed by atoms with E-state index in [2.05, 4.69) is 11.1 Å². The van der Waals surface area contributed by atoms with Gasteiger partial charge in [0.15, 0.2) is 17.3 Å². The zero-order valence-electron chi connectivity index (χ0n) is 17.4. The highest BCUT2D eigenvalue weighted by molar-refractivity contribution is 6.07. The third-order valence-electron chi connectivity index (χ3n) is 5.53. The maximum absolute atomic E-state index is 13.5. The molecule has 0 aliphatic carbocycles. The first-order valence-corrected chi connectivity index (χ1v) is 10.0. The van der Waals surface area contributed by atoms with Crippen LogP contribution in [0.1, 0.15) is 35.2 Å². The van der Waals surface area contributed by atoms with Crippen molar-refractivity contribution in [1.29, 1.82) is 5.26 Å². The van der Waals surface area contributed by atoms with Gasteiger partial charge in [0.25, 0.3) is 11.5 Å². The monoisotopic (exact) mass is 418 g/mol. The van der Waals surface area contributed by atoms with E-state index in [-0.39, 0.29) is 22.7 Å². The molecule has 0 saturated carbocycles. The molecule has 0 bridgehead atoms. The first kappa shape index (κ1) is 20.4. The summed E-state index contributed by atoms with van der Waals surface area (Å²) in [5.74, 6) is 0.817. The van der Waals surface area contributed by atoms with E-state index >= 15 is 0 Å². The Balaban J connectivity index is 2.04. The molecule has 0 N–H and O–H groups in total. The van der Waals surface area contributed by atoms with Gasteiger partial charge in [0.05, 0.1) is 30.7 Å². The van der Waals surface area contributed by atoms with Gasteiger partial charge in [-0.2, -0.15) is 5.26 Å². The molecular weight excluding hydrogens is 396 g/mol. The Morgan fingerprint density at radius 2 is 1.77 bits per heavy atom. The molecule has 1 aliphatic heterocycles. The van der Waals surface area contributed by atoms with Crippen molar-refractivity contribution in [1.82, 2.24) is 14.5 Å².